The molecular formula is C23H26N6O5S. The first-order valence-corrected chi connectivity index (χ1v) is 12.3. The van der Waals surface area contributed by atoms with Crippen molar-refractivity contribution in [3.8, 4) is 28.8 Å². The Morgan fingerprint density at radius 2 is 1.69 bits per heavy atom. The van der Waals surface area contributed by atoms with Crippen LogP contribution in [0.5, 0.6) is 11.5 Å². The summed E-state index contributed by atoms with van der Waals surface area (Å²) in [7, 11) is -0.893. The van der Waals surface area contributed by atoms with Crippen LogP contribution < -0.4 is 14.2 Å². The van der Waals surface area contributed by atoms with E-state index in [9.17, 15) is 8.42 Å². The van der Waals surface area contributed by atoms with Gasteiger partial charge < -0.3 is 13.9 Å². The molecule has 0 unspecified atom stereocenters. The van der Waals surface area contributed by atoms with E-state index >= 15 is 0 Å². The SMILES string of the molecule is COc1cccc(OC)c1-n1c(NS(=O)(=O)[C@H](C)Cc2ccc(C)nn2)nnc1-c1ccc(C)o1. The van der Waals surface area contributed by atoms with Crippen LogP contribution in [0, 0.1) is 13.8 Å². The van der Waals surface area contributed by atoms with Crippen LogP contribution >= 0.6 is 0 Å². The van der Waals surface area contributed by atoms with Crippen LogP contribution in [0.2, 0.25) is 0 Å². The number of rotatable bonds is 9. The van der Waals surface area contributed by atoms with Gasteiger partial charge in [0.1, 0.15) is 22.9 Å². The summed E-state index contributed by atoms with van der Waals surface area (Å²) >= 11 is 0. The van der Waals surface area contributed by atoms with Gasteiger partial charge in [-0.2, -0.15) is 10.2 Å². The second kappa shape index (κ2) is 9.74. The zero-order valence-corrected chi connectivity index (χ0v) is 20.8. The molecule has 0 amide bonds. The number of hydrogen-bond acceptors (Lipinski definition) is 9. The molecule has 12 heteroatoms. The number of hydrogen-bond donors (Lipinski definition) is 1. The molecule has 3 aromatic heterocycles. The normalized spacial score (nSPS) is 12.4. The molecule has 0 aliphatic heterocycles. The number of ether oxygens (including phenoxy) is 2. The summed E-state index contributed by atoms with van der Waals surface area (Å²) < 4.78 is 47.5. The molecule has 0 saturated carbocycles. The monoisotopic (exact) mass is 498 g/mol. The minimum atomic E-state index is -3.91. The number of methoxy groups -OCH3 is 2. The number of nitrogens with one attached hydrogen (secondary N) is 1. The van der Waals surface area contributed by atoms with E-state index in [2.05, 4.69) is 25.1 Å². The maximum atomic E-state index is 13.3. The molecule has 0 bridgehead atoms. The third-order valence-corrected chi connectivity index (χ3v) is 7.06. The van der Waals surface area contributed by atoms with Gasteiger partial charge in [-0.05, 0) is 57.2 Å². The van der Waals surface area contributed by atoms with Crippen LogP contribution in [0.15, 0.2) is 46.9 Å². The Balaban J connectivity index is 1.79. The van der Waals surface area contributed by atoms with E-state index < -0.39 is 15.3 Å². The maximum absolute atomic E-state index is 13.3. The molecule has 35 heavy (non-hydrogen) atoms. The Morgan fingerprint density at radius 3 is 2.26 bits per heavy atom. The molecule has 0 spiro atoms. The van der Waals surface area contributed by atoms with Gasteiger partial charge in [0, 0.05) is 6.42 Å². The van der Waals surface area contributed by atoms with E-state index in [-0.39, 0.29) is 18.2 Å². The molecule has 0 aliphatic carbocycles. The second-order valence-corrected chi connectivity index (χ2v) is 10.0. The average molecular weight is 499 g/mol. The van der Waals surface area contributed by atoms with Crippen molar-refractivity contribution < 1.29 is 22.3 Å². The fourth-order valence-corrected chi connectivity index (χ4v) is 4.47. The van der Waals surface area contributed by atoms with Gasteiger partial charge in [-0.3, -0.25) is 9.29 Å². The van der Waals surface area contributed by atoms with E-state index in [1.807, 2.05) is 6.92 Å². The van der Waals surface area contributed by atoms with Gasteiger partial charge in [0.15, 0.2) is 5.76 Å². The lowest BCUT2D eigenvalue weighted by molar-refractivity contribution is 0.391. The summed E-state index contributed by atoms with van der Waals surface area (Å²) in [5.41, 5.74) is 1.73. The first-order valence-electron chi connectivity index (χ1n) is 10.8. The van der Waals surface area contributed by atoms with E-state index in [1.54, 1.807) is 56.3 Å². The Labute approximate surface area is 203 Å². The molecule has 4 aromatic rings. The molecule has 3 heterocycles. The van der Waals surface area contributed by atoms with Gasteiger partial charge in [-0.25, -0.2) is 8.42 Å². The molecular weight excluding hydrogens is 472 g/mol. The zero-order chi connectivity index (χ0) is 25.2. The Morgan fingerprint density at radius 1 is 0.971 bits per heavy atom. The Hall–Kier alpha value is -3.93. The number of anilines is 1. The predicted octanol–water partition coefficient (Wildman–Crippen LogP) is 3.32. The molecule has 11 nitrogen and oxygen atoms in total. The summed E-state index contributed by atoms with van der Waals surface area (Å²) in [6.45, 7) is 5.20. The van der Waals surface area contributed by atoms with E-state index in [1.165, 1.54) is 18.8 Å². The van der Waals surface area contributed by atoms with Crippen LogP contribution in [-0.2, 0) is 16.4 Å². The van der Waals surface area contributed by atoms with Crippen molar-refractivity contribution in [3.05, 3.63) is 59.6 Å². The summed E-state index contributed by atoms with van der Waals surface area (Å²) in [6.07, 6.45) is 0.166. The predicted molar refractivity (Wildman–Crippen MR) is 129 cm³/mol. The average Bonchev–Trinajstić information content (AvgIpc) is 3.45. The third-order valence-electron chi connectivity index (χ3n) is 5.36. The van der Waals surface area contributed by atoms with Crippen molar-refractivity contribution in [2.24, 2.45) is 0 Å². The van der Waals surface area contributed by atoms with Gasteiger partial charge in [0.25, 0.3) is 0 Å². The van der Waals surface area contributed by atoms with Crippen molar-refractivity contribution >= 4 is 16.0 Å². The zero-order valence-electron chi connectivity index (χ0n) is 20.0. The molecule has 4 rings (SSSR count). The quantitative estimate of drug-likeness (QED) is 0.369. The molecule has 1 atom stereocenters. The van der Waals surface area contributed by atoms with Crippen molar-refractivity contribution in [1.82, 2.24) is 25.0 Å². The highest BCUT2D eigenvalue weighted by Crippen LogP contribution is 2.38. The molecule has 0 aliphatic rings. The molecule has 184 valence electrons. The highest BCUT2D eigenvalue weighted by molar-refractivity contribution is 7.93. The van der Waals surface area contributed by atoms with E-state index in [4.69, 9.17) is 13.9 Å². The first-order chi connectivity index (χ1) is 16.7. The van der Waals surface area contributed by atoms with Crippen molar-refractivity contribution in [2.75, 3.05) is 18.9 Å². The number of nitrogens with zero attached hydrogens (tertiary/aromatic N) is 5. The van der Waals surface area contributed by atoms with Crippen LogP contribution in [0.4, 0.5) is 5.95 Å². The molecule has 1 N–H and O–H groups in total. The number of sulfonamides is 1. The highest BCUT2D eigenvalue weighted by Gasteiger charge is 2.29. The maximum Gasteiger partial charge on any atom is 0.243 e. The van der Waals surface area contributed by atoms with Gasteiger partial charge in [0.05, 0.1) is 30.9 Å². The number of furan rings is 1. The van der Waals surface area contributed by atoms with Crippen LogP contribution in [0.1, 0.15) is 24.1 Å². The largest absolute Gasteiger partial charge is 0.494 e. The Bertz CT molecular complexity index is 1410. The van der Waals surface area contributed by atoms with Gasteiger partial charge in [-0.1, -0.05) is 6.07 Å². The van der Waals surface area contributed by atoms with Gasteiger partial charge in [0.2, 0.25) is 21.8 Å². The van der Waals surface area contributed by atoms with E-state index in [0.29, 0.717) is 34.4 Å². The minimum Gasteiger partial charge on any atom is -0.494 e. The van der Waals surface area contributed by atoms with Crippen LogP contribution in [0.3, 0.4) is 0 Å². The molecule has 1 aromatic carbocycles. The standard InChI is InChI=1S/C23H26N6O5S/c1-14-9-11-17(25-24-14)13-16(3)35(30,31)28-23-27-26-22(20-12-10-15(2)34-20)29(23)21-18(32-4)7-6-8-19(21)33-5/h6-12,16H,13H2,1-5H3,(H,27,28)/t16-/m1/s1. The smallest absolute Gasteiger partial charge is 0.243 e. The number of benzene rings is 1. The second-order valence-electron chi connectivity index (χ2n) is 7.93. The summed E-state index contributed by atoms with van der Waals surface area (Å²) in [6, 6.07) is 12.3. The van der Waals surface area contributed by atoms with Gasteiger partial charge >= 0.3 is 0 Å². The fraction of sp³-hybridized carbons (Fsp3) is 0.304. The molecule has 0 saturated heterocycles. The van der Waals surface area contributed by atoms with Crippen LogP contribution in [0.25, 0.3) is 17.3 Å². The summed E-state index contributed by atoms with van der Waals surface area (Å²) in [5.74, 6) is 2.15. The van der Waals surface area contributed by atoms with Crippen molar-refractivity contribution in [2.45, 2.75) is 32.4 Å². The highest BCUT2D eigenvalue weighted by atomic mass is 32.2. The minimum absolute atomic E-state index is 0.0429. The number of aryl methyl sites for hydroxylation is 2. The topological polar surface area (TPSA) is 134 Å². The molecule has 0 fully saturated rings. The Kier molecular flexibility index (Phi) is 6.74. The van der Waals surface area contributed by atoms with Gasteiger partial charge in [-0.15, -0.1) is 10.2 Å². The van der Waals surface area contributed by atoms with Crippen LogP contribution in [-0.4, -0.2) is 52.8 Å². The lowest BCUT2D eigenvalue weighted by Crippen LogP contribution is -2.29. The van der Waals surface area contributed by atoms with Crippen molar-refractivity contribution in [1.29, 1.82) is 0 Å². The lowest BCUT2D eigenvalue weighted by Gasteiger charge is -2.18. The lowest BCUT2D eigenvalue weighted by atomic mass is 10.2. The van der Waals surface area contributed by atoms with Crippen molar-refractivity contribution in [3.63, 3.8) is 0 Å². The molecule has 0 radical (unpaired) electrons. The third kappa shape index (κ3) is 4.97. The number of para-hydroxylation sites is 1. The fourth-order valence-electron chi connectivity index (χ4n) is 3.50. The first kappa shape index (κ1) is 24.2. The summed E-state index contributed by atoms with van der Waals surface area (Å²) in [4.78, 5) is 0. The van der Waals surface area contributed by atoms with E-state index in [0.717, 1.165) is 5.69 Å². The summed E-state index contributed by atoms with van der Waals surface area (Å²) in [5, 5.41) is 15.6. The number of aromatic nitrogens is 5.